The van der Waals surface area contributed by atoms with Gasteiger partial charge in [0.1, 0.15) is 0 Å². The lowest BCUT2D eigenvalue weighted by Gasteiger charge is -2.36. The molecule has 1 unspecified atom stereocenters. The maximum atomic E-state index is 3.69. The van der Waals surface area contributed by atoms with Crippen LogP contribution in [0.25, 0.3) is 0 Å². The predicted octanol–water partition coefficient (Wildman–Crippen LogP) is 2.89. The lowest BCUT2D eigenvalue weighted by molar-refractivity contribution is 0.163. The second-order valence-electron chi connectivity index (χ2n) is 7.10. The molecule has 1 N–H and O–H groups in total. The summed E-state index contributed by atoms with van der Waals surface area (Å²) in [7, 11) is 0. The Morgan fingerprint density at radius 3 is 2.24 bits per heavy atom. The summed E-state index contributed by atoms with van der Waals surface area (Å²) in [5, 5.41) is 3.69. The summed E-state index contributed by atoms with van der Waals surface area (Å²) < 4.78 is 0. The highest BCUT2D eigenvalue weighted by molar-refractivity contribution is 4.92. The van der Waals surface area contributed by atoms with E-state index in [1.807, 2.05) is 0 Å². The molecule has 17 heavy (non-hydrogen) atoms. The molecule has 0 aromatic heterocycles. The van der Waals surface area contributed by atoms with Crippen molar-refractivity contribution in [2.75, 3.05) is 19.6 Å². The van der Waals surface area contributed by atoms with Crippen molar-refractivity contribution < 1.29 is 0 Å². The van der Waals surface area contributed by atoms with Crippen molar-refractivity contribution in [1.29, 1.82) is 0 Å². The Bertz CT molecular complexity index is 236. The van der Waals surface area contributed by atoms with Crippen LogP contribution in [0.3, 0.4) is 0 Å². The number of rotatable bonds is 7. The summed E-state index contributed by atoms with van der Waals surface area (Å²) in [5.41, 5.74) is 0.368. The van der Waals surface area contributed by atoms with Gasteiger partial charge in [-0.1, -0.05) is 27.7 Å². The summed E-state index contributed by atoms with van der Waals surface area (Å²) in [6, 6.07) is 1.55. The maximum absolute atomic E-state index is 3.69. The summed E-state index contributed by atoms with van der Waals surface area (Å²) >= 11 is 0. The van der Waals surface area contributed by atoms with Crippen LogP contribution >= 0.6 is 0 Å². The van der Waals surface area contributed by atoms with E-state index in [0.29, 0.717) is 11.5 Å². The summed E-state index contributed by atoms with van der Waals surface area (Å²) in [5.74, 6) is 1.03. The summed E-state index contributed by atoms with van der Waals surface area (Å²) in [4.78, 5) is 2.77. The van der Waals surface area contributed by atoms with Crippen LogP contribution in [-0.2, 0) is 0 Å². The number of nitrogens with one attached hydrogen (secondary N) is 1. The first-order valence-electron chi connectivity index (χ1n) is 7.48. The van der Waals surface area contributed by atoms with Gasteiger partial charge in [0, 0.05) is 25.2 Å². The van der Waals surface area contributed by atoms with Gasteiger partial charge in [0.15, 0.2) is 0 Å². The molecule has 0 spiro atoms. The highest BCUT2D eigenvalue weighted by atomic mass is 15.2. The molecule has 2 aliphatic rings. The molecule has 0 amide bonds. The Morgan fingerprint density at radius 1 is 1.18 bits per heavy atom. The fourth-order valence-electron chi connectivity index (χ4n) is 2.57. The first-order chi connectivity index (χ1) is 8.00. The van der Waals surface area contributed by atoms with Crippen molar-refractivity contribution in [1.82, 2.24) is 10.2 Å². The van der Waals surface area contributed by atoms with Crippen LogP contribution in [0.2, 0.25) is 0 Å². The van der Waals surface area contributed by atoms with Crippen molar-refractivity contribution in [3.05, 3.63) is 0 Å². The van der Waals surface area contributed by atoms with Crippen LogP contribution in [0.1, 0.15) is 53.4 Å². The van der Waals surface area contributed by atoms with Crippen LogP contribution < -0.4 is 5.32 Å². The molecule has 2 saturated carbocycles. The molecule has 2 fully saturated rings. The molecule has 0 aromatic rings. The van der Waals surface area contributed by atoms with E-state index in [2.05, 4.69) is 37.9 Å². The molecule has 0 radical (unpaired) electrons. The summed E-state index contributed by atoms with van der Waals surface area (Å²) in [6.07, 6.45) is 5.83. The second-order valence-corrected chi connectivity index (χ2v) is 7.10. The Labute approximate surface area is 107 Å². The van der Waals surface area contributed by atoms with Crippen LogP contribution in [0.15, 0.2) is 0 Å². The molecule has 0 aromatic carbocycles. The minimum atomic E-state index is 0.368. The quantitative estimate of drug-likeness (QED) is 0.733. The van der Waals surface area contributed by atoms with E-state index in [1.165, 1.54) is 38.8 Å². The SMILES string of the molecule is CCNC(CN(CC1CC1)C1CC1)C(C)(C)C. The van der Waals surface area contributed by atoms with Gasteiger partial charge in [0.05, 0.1) is 0 Å². The average molecular weight is 238 g/mol. The Kier molecular flexibility index (Phi) is 4.14. The molecule has 0 bridgehead atoms. The van der Waals surface area contributed by atoms with Gasteiger partial charge >= 0.3 is 0 Å². The minimum absolute atomic E-state index is 0.368. The fraction of sp³-hybridized carbons (Fsp3) is 1.00. The van der Waals surface area contributed by atoms with E-state index in [0.717, 1.165) is 18.5 Å². The minimum Gasteiger partial charge on any atom is -0.312 e. The zero-order valence-electron chi connectivity index (χ0n) is 12.1. The standard InChI is InChI=1S/C15H30N2/c1-5-16-14(15(2,3)4)11-17(13-8-9-13)10-12-6-7-12/h12-14,16H,5-11H2,1-4H3. The molecule has 2 aliphatic carbocycles. The summed E-state index contributed by atoms with van der Waals surface area (Å²) in [6.45, 7) is 13.0. The molecule has 0 aliphatic heterocycles. The van der Waals surface area contributed by atoms with Gasteiger partial charge in [0.25, 0.3) is 0 Å². The molecular weight excluding hydrogens is 208 g/mol. The van der Waals surface area contributed by atoms with E-state index in [-0.39, 0.29) is 0 Å². The fourth-order valence-corrected chi connectivity index (χ4v) is 2.57. The van der Waals surface area contributed by atoms with Gasteiger partial charge in [-0.3, -0.25) is 4.90 Å². The number of likely N-dealkylation sites (N-methyl/N-ethyl adjacent to an activating group) is 1. The third kappa shape index (κ3) is 4.26. The zero-order chi connectivity index (χ0) is 12.5. The topological polar surface area (TPSA) is 15.3 Å². The normalized spacial score (nSPS) is 23.1. The van der Waals surface area contributed by atoms with Gasteiger partial charge in [-0.05, 0) is 43.6 Å². The average Bonchev–Trinajstić information content (AvgIpc) is 3.08. The Morgan fingerprint density at radius 2 is 1.82 bits per heavy atom. The molecule has 2 nitrogen and oxygen atoms in total. The van der Waals surface area contributed by atoms with E-state index < -0.39 is 0 Å². The monoisotopic (exact) mass is 238 g/mol. The number of hydrogen-bond donors (Lipinski definition) is 1. The van der Waals surface area contributed by atoms with Gasteiger partial charge in [-0.25, -0.2) is 0 Å². The third-order valence-corrected chi connectivity index (χ3v) is 4.17. The Hall–Kier alpha value is -0.0800. The highest BCUT2D eigenvalue weighted by Gasteiger charge is 2.36. The first-order valence-corrected chi connectivity index (χ1v) is 7.48. The molecule has 2 heteroatoms. The van der Waals surface area contributed by atoms with Crippen molar-refractivity contribution in [2.45, 2.75) is 65.5 Å². The van der Waals surface area contributed by atoms with Crippen molar-refractivity contribution in [2.24, 2.45) is 11.3 Å². The van der Waals surface area contributed by atoms with E-state index in [9.17, 15) is 0 Å². The third-order valence-electron chi connectivity index (χ3n) is 4.17. The van der Waals surface area contributed by atoms with Crippen LogP contribution in [-0.4, -0.2) is 36.6 Å². The lowest BCUT2D eigenvalue weighted by atomic mass is 9.86. The molecule has 1 atom stereocenters. The van der Waals surface area contributed by atoms with Gasteiger partial charge in [0.2, 0.25) is 0 Å². The highest BCUT2D eigenvalue weighted by Crippen LogP contribution is 2.35. The van der Waals surface area contributed by atoms with Crippen LogP contribution in [0.4, 0.5) is 0 Å². The predicted molar refractivity (Wildman–Crippen MR) is 74.2 cm³/mol. The van der Waals surface area contributed by atoms with Crippen molar-refractivity contribution in [3.63, 3.8) is 0 Å². The maximum Gasteiger partial charge on any atom is 0.0243 e. The van der Waals surface area contributed by atoms with Gasteiger partial charge in [-0.15, -0.1) is 0 Å². The van der Waals surface area contributed by atoms with Gasteiger partial charge < -0.3 is 5.32 Å². The first kappa shape index (κ1) is 13.4. The number of nitrogens with zero attached hydrogens (tertiary/aromatic N) is 1. The molecule has 2 rings (SSSR count). The second kappa shape index (κ2) is 5.27. The Balaban J connectivity index is 1.88. The molecule has 0 saturated heterocycles. The van der Waals surface area contributed by atoms with Gasteiger partial charge in [-0.2, -0.15) is 0 Å². The number of hydrogen-bond acceptors (Lipinski definition) is 2. The van der Waals surface area contributed by atoms with Crippen molar-refractivity contribution in [3.8, 4) is 0 Å². The zero-order valence-corrected chi connectivity index (χ0v) is 12.1. The smallest absolute Gasteiger partial charge is 0.0243 e. The van der Waals surface area contributed by atoms with Crippen molar-refractivity contribution >= 4 is 0 Å². The molecular formula is C15H30N2. The van der Waals surface area contributed by atoms with Crippen LogP contribution in [0.5, 0.6) is 0 Å². The van der Waals surface area contributed by atoms with Crippen LogP contribution in [0, 0.1) is 11.3 Å². The lowest BCUT2D eigenvalue weighted by Crippen LogP contribution is -2.49. The molecule has 0 heterocycles. The van der Waals surface area contributed by atoms with E-state index in [4.69, 9.17) is 0 Å². The largest absolute Gasteiger partial charge is 0.312 e. The van der Waals surface area contributed by atoms with E-state index >= 15 is 0 Å². The molecule has 100 valence electrons. The van der Waals surface area contributed by atoms with E-state index in [1.54, 1.807) is 0 Å².